The summed E-state index contributed by atoms with van der Waals surface area (Å²) in [7, 11) is 0. The predicted octanol–water partition coefficient (Wildman–Crippen LogP) is 3.28. The molecule has 0 heterocycles. The summed E-state index contributed by atoms with van der Waals surface area (Å²) >= 11 is 3.04. The Morgan fingerprint density at radius 1 is 1.31 bits per heavy atom. The molecule has 0 aliphatic carbocycles. The minimum atomic E-state index is -0.588. The fourth-order valence-corrected chi connectivity index (χ4v) is 2.03. The zero-order chi connectivity index (χ0) is 12.3. The number of benzene rings is 1. The molecule has 0 saturated heterocycles. The molecule has 1 atom stereocenters. The Bertz CT molecular complexity index is 346. The summed E-state index contributed by atoms with van der Waals surface area (Å²) in [5, 5.41) is 0. The zero-order valence-electron chi connectivity index (χ0n) is 9.23. The fourth-order valence-electron chi connectivity index (χ4n) is 1.63. The second-order valence-corrected chi connectivity index (χ2v) is 5.05. The summed E-state index contributed by atoms with van der Waals surface area (Å²) in [6.07, 6.45) is 0.575. The molecule has 0 aliphatic heterocycles. The summed E-state index contributed by atoms with van der Waals surface area (Å²) in [4.78, 5) is 0. The van der Waals surface area contributed by atoms with E-state index in [0.717, 1.165) is 0 Å². The van der Waals surface area contributed by atoms with Crippen LogP contribution in [0.15, 0.2) is 16.6 Å². The monoisotopic (exact) mass is 292 g/mol. The Balaban J connectivity index is 3.09. The van der Waals surface area contributed by atoms with Crippen LogP contribution in [0.25, 0.3) is 0 Å². The molecular formula is C11H15BrF2N2. The summed E-state index contributed by atoms with van der Waals surface area (Å²) in [5.74, 6) is 4.45. The molecular weight excluding hydrogens is 278 g/mol. The molecule has 90 valence electrons. The highest BCUT2D eigenvalue weighted by molar-refractivity contribution is 9.10. The van der Waals surface area contributed by atoms with E-state index in [1.54, 1.807) is 0 Å². The lowest BCUT2D eigenvalue weighted by molar-refractivity contribution is 0.405. The van der Waals surface area contributed by atoms with E-state index in [2.05, 4.69) is 21.4 Å². The van der Waals surface area contributed by atoms with E-state index in [4.69, 9.17) is 5.84 Å². The predicted molar refractivity (Wildman–Crippen MR) is 63.6 cm³/mol. The molecule has 0 aromatic heterocycles. The van der Waals surface area contributed by atoms with Gasteiger partial charge < -0.3 is 0 Å². The molecule has 1 aromatic rings. The van der Waals surface area contributed by atoms with Crippen LogP contribution >= 0.6 is 15.9 Å². The molecule has 0 aliphatic rings. The van der Waals surface area contributed by atoms with Gasteiger partial charge >= 0.3 is 0 Å². The second-order valence-electron chi connectivity index (χ2n) is 4.13. The van der Waals surface area contributed by atoms with Gasteiger partial charge in [0.2, 0.25) is 0 Å². The first kappa shape index (κ1) is 13.5. The second kappa shape index (κ2) is 5.70. The minimum absolute atomic E-state index is 0.000556. The lowest BCUT2D eigenvalue weighted by Gasteiger charge is -2.19. The molecule has 0 saturated carbocycles. The lowest BCUT2D eigenvalue weighted by atomic mass is 9.97. The average Bonchev–Trinajstić information content (AvgIpc) is 2.13. The zero-order valence-corrected chi connectivity index (χ0v) is 10.8. The SMILES string of the molecule is CC(C)CC(NN)c1c(F)cc(Br)cc1F. The van der Waals surface area contributed by atoms with Gasteiger partial charge in [0.25, 0.3) is 0 Å². The van der Waals surface area contributed by atoms with Crippen LogP contribution in [0.1, 0.15) is 31.9 Å². The van der Waals surface area contributed by atoms with Crippen molar-refractivity contribution in [1.29, 1.82) is 0 Å². The molecule has 16 heavy (non-hydrogen) atoms. The molecule has 0 amide bonds. The molecule has 0 spiro atoms. The topological polar surface area (TPSA) is 38.0 Å². The minimum Gasteiger partial charge on any atom is -0.271 e. The molecule has 0 bridgehead atoms. The summed E-state index contributed by atoms with van der Waals surface area (Å²) < 4.78 is 27.6. The van der Waals surface area contributed by atoms with E-state index in [1.807, 2.05) is 13.8 Å². The van der Waals surface area contributed by atoms with E-state index >= 15 is 0 Å². The number of halogens is 3. The Labute approximate surface area is 102 Å². The van der Waals surface area contributed by atoms with E-state index < -0.39 is 17.7 Å². The largest absolute Gasteiger partial charge is 0.271 e. The fraction of sp³-hybridized carbons (Fsp3) is 0.455. The number of rotatable bonds is 4. The number of hydrogen-bond acceptors (Lipinski definition) is 2. The molecule has 5 heteroatoms. The van der Waals surface area contributed by atoms with Crippen LogP contribution in [-0.2, 0) is 0 Å². The number of hydrazine groups is 1. The third kappa shape index (κ3) is 3.23. The number of nitrogens with one attached hydrogen (secondary N) is 1. The van der Waals surface area contributed by atoms with Crippen molar-refractivity contribution in [3.63, 3.8) is 0 Å². The van der Waals surface area contributed by atoms with Crippen molar-refractivity contribution in [2.24, 2.45) is 11.8 Å². The van der Waals surface area contributed by atoms with Crippen molar-refractivity contribution in [2.45, 2.75) is 26.3 Å². The van der Waals surface area contributed by atoms with Gasteiger partial charge in [0.15, 0.2) is 0 Å². The maximum absolute atomic E-state index is 13.6. The van der Waals surface area contributed by atoms with Gasteiger partial charge in [-0.25, -0.2) is 8.78 Å². The van der Waals surface area contributed by atoms with Crippen LogP contribution in [-0.4, -0.2) is 0 Å². The smallest absolute Gasteiger partial charge is 0.132 e. The highest BCUT2D eigenvalue weighted by atomic mass is 79.9. The molecule has 0 radical (unpaired) electrons. The van der Waals surface area contributed by atoms with Crippen LogP contribution in [0.2, 0.25) is 0 Å². The maximum Gasteiger partial charge on any atom is 0.132 e. The van der Waals surface area contributed by atoms with Crippen molar-refractivity contribution in [3.8, 4) is 0 Å². The van der Waals surface area contributed by atoms with Gasteiger partial charge in [0.05, 0.1) is 6.04 Å². The van der Waals surface area contributed by atoms with Gasteiger partial charge in [0.1, 0.15) is 11.6 Å². The van der Waals surface area contributed by atoms with E-state index in [0.29, 0.717) is 16.8 Å². The first-order chi connectivity index (χ1) is 7.45. The Morgan fingerprint density at radius 2 is 1.81 bits per heavy atom. The quantitative estimate of drug-likeness (QED) is 0.660. The summed E-state index contributed by atoms with van der Waals surface area (Å²) in [6.45, 7) is 3.94. The van der Waals surface area contributed by atoms with E-state index in [1.165, 1.54) is 12.1 Å². The van der Waals surface area contributed by atoms with Crippen LogP contribution in [0.3, 0.4) is 0 Å². The molecule has 0 fully saturated rings. The first-order valence-electron chi connectivity index (χ1n) is 5.06. The van der Waals surface area contributed by atoms with E-state index in [9.17, 15) is 8.78 Å². The summed E-state index contributed by atoms with van der Waals surface area (Å²) in [5.41, 5.74) is 2.45. The van der Waals surface area contributed by atoms with Crippen LogP contribution < -0.4 is 11.3 Å². The Hall–Kier alpha value is -0.520. The van der Waals surface area contributed by atoms with Crippen molar-refractivity contribution >= 4 is 15.9 Å². The normalized spacial score (nSPS) is 13.2. The van der Waals surface area contributed by atoms with Gasteiger partial charge in [-0.05, 0) is 24.5 Å². The van der Waals surface area contributed by atoms with Gasteiger partial charge in [-0.3, -0.25) is 11.3 Å². The lowest BCUT2D eigenvalue weighted by Crippen LogP contribution is -2.30. The third-order valence-electron chi connectivity index (χ3n) is 2.30. The molecule has 1 rings (SSSR count). The highest BCUT2D eigenvalue weighted by Gasteiger charge is 2.20. The van der Waals surface area contributed by atoms with Gasteiger partial charge in [-0.1, -0.05) is 29.8 Å². The summed E-state index contributed by atoms with van der Waals surface area (Å²) in [6, 6.07) is 1.97. The van der Waals surface area contributed by atoms with Crippen LogP contribution in [0, 0.1) is 17.6 Å². The first-order valence-corrected chi connectivity index (χ1v) is 5.85. The van der Waals surface area contributed by atoms with Crippen LogP contribution in [0.5, 0.6) is 0 Å². The highest BCUT2D eigenvalue weighted by Crippen LogP contribution is 2.28. The van der Waals surface area contributed by atoms with Crippen molar-refractivity contribution in [2.75, 3.05) is 0 Å². The van der Waals surface area contributed by atoms with Gasteiger partial charge in [0, 0.05) is 10.0 Å². The van der Waals surface area contributed by atoms with Crippen molar-refractivity contribution in [1.82, 2.24) is 5.43 Å². The molecule has 3 N–H and O–H groups in total. The van der Waals surface area contributed by atoms with Crippen molar-refractivity contribution < 1.29 is 8.78 Å². The van der Waals surface area contributed by atoms with Gasteiger partial charge in [-0.15, -0.1) is 0 Å². The molecule has 2 nitrogen and oxygen atoms in total. The Morgan fingerprint density at radius 3 is 2.19 bits per heavy atom. The third-order valence-corrected chi connectivity index (χ3v) is 2.76. The maximum atomic E-state index is 13.6. The average molecular weight is 293 g/mol. The van der Waals surface area contributed by atoms with Crippen molar-refractivity contribution in [3.05, 3.63) is 33.8 Å². The number of nitrogens with two attached hydrogens (primary N) is 1. The Kier molecular flexibility index (Phi) is 4.83. The van der Waals surface area contributed by atoms with Gasteiger partial charge in [-0.2, -0.15) is 0 Å². The van der Waals surface area contributed by atoms with Crippen LogP contribution in [0.4, 0.5) is 8.78 Å². The molecule has 1 aromatic carbocycles. The standard InChI is InChI=1S/C11H15BrF2N2/c1-6(2)3-10(16-15)11-8(13)4-7(12)5-9(11)14/h4-6,10,16H,3,15H2,1-2H3. The van der Waals surface area contributed by atoms with E-state index in [-0.39, 0.29) is 5.56 Å². The molecule has 1 unspecified atom stereocenters. The number of hydrogen-bond donors (Lipinski definition) is 2.